The van der Waals surface area contributed by atoms with Gasteiger partial charge in [-0.25, -0.2) is 4.98 Å². The predicted molar refractivity (Wildman–Crippen MR) is 73.5 cm³/mol. The highest BCUT2D eigenvalue weighted by atomic mass is 79.9. The van der Waals surface area contributed by atoms with Crippen LogP contribution in [0.4, 0.5) is 10.8 Å². The third kappa shape index (κ3) is 3.38. The van der Waals surface area contributed by atoms with E-state index in [1.165, 1.54) is 11.3 Å². The molecule has 0 atom stereocenters. The van der Waals surface area contributed by atoms with E-state index in [4.69, 9.17) is 0 Å². The van der Waals surface area contributed by atoms with Crippen LogP contribution in [0.5, 0.6) is 0 Å². The molecule has 0 spiro atoms. The SMILES string of the molecule is O=C(Nc1ccc(Br)cc1)C(=O)Nc1nccs1. The Morgan fingerprint density at radius 2 is 1.78 bits per heavy atom. The number of carbonyl (C=O) groups is 2. The fourth-order valence-corrected chi connectivity index (χ4v) is 1.95. The van der Waals surface area contributed by atoms with Gasteiger partial charge in [0.2, 0.25) is 0 Å². The van der Waals surface area contributed by atoms with Crippen molar-refractivity contribution in [2.45, 2.75) is 0 Å². The van der Waals surface area contributed by atoms with Gasteiger partial charge in [-0.15, -0.1) is 11.3 Å². The van der Waals surface area contributed by atoms with E-state index in [9.17, 15) is 9.59 Å². The average Bonchev–Trinajstić information content (AvgIpc) is 2.85. The lowest BCUT2D eigenvalue weighted by atomic mass is 10.3. The standard InChI is InChI=1S/C11H8BrN3O2S/c12-7-1-3-8(4-2-7)14-9(16)10(17)15-11-13-5-6-18-11/h1-6H,(H,14,16)(H,13,15,17). The molecule has 2 rings (SSSR count). The molecule has 1 heterocycles. The first-order valence-electron chi connectivity index (χ1n) is 4.92. The zero-order valence-corrected chi connectivity index (χ0v) is 11.4. The molecule has 0 saturated carbocycles. The summed E-state index contributed by atoms with van der Waals surface area (Å²) in [7, 11) is 0. The highest BCUT2D eigenvalue weighted by Gasteiger charge is 2.14. The maximum absolute atomic E-state index is 11.6. The third-order valence-electron chi connectivity index (χ3n) is 1.96. The van der Waals surface area contributed by atoms with Crippen LogP contribution in [0.15, 0.2) is 40.3 Å². The van der Waals surface area contributed by atoms with Crippen LogP contribution in [-0.4, -0.2) is 16.8 Å². The number of anilines is 2. The van der Waals surface area contributed by atoms with E-state index in [0.717, 1.165) is 4.47 Å². The molecule has 0 aliphatic carbocycles. The number of hydrogen-bond acceptors (Lipinski definition) is 4. The number of thiazole rings is 1. The molecular weight excluding hydrogens is 318 g/mol. The van der Waals surface area contributed by atoms with Gasteiger partial charge in [0, 0.05) is 21.7 Å². The van der Waals surface area contributed by atoms with Crippen molar-refractivity contribution in [2.75, 3.05) is 10.6 Å². The van der Waals surface area contributed by atoms with Gasteiger partial charge in [-0.1, -0.05) is 15.9 Å². The second kappa shape index (κ2) is 5.74. The lowest BCUT2D eigenvalue weighted by molar-refractivity contribution is -0.132. The van der Waals surface area contributed by atoms with Crippen LogP contribution in [0.25, 0.3) is 0 Å². The number of rotatable bonds is 2. The van der Waals surface area contributed by atoms with E-state index in [-0.39, 0.29) is 0 Å². The summed E-state index contributed by atoms with van der Waals surface area (Å²) in [6.07, 6.45) is 1.55. The number of nitrogens with zero attached hydrogens (tertiary/aromatic N) is 1. The first kappa shape index (κ1) is 12.7. The summed E-state index contributed by atoms with van der Waals surface area (Å²) in [5.41, 5.74) is 0.553. The molecule has 0 unspecified atom stereocenters. The van der Waals surface area contributed by atoms with Crippen molar-refractivity contribution in [1.82, 2.24) is 4.98 Å². The first-order chi connectivity index (χ1) is 8.65. The van der Waals surface area contributed by atoms with Crippen LogP contribution in [0, 0.1) is 0 Å². The van der Waals surface area contributed by atoms with Crippen molar-refractivity contribution in [3.05, 3.63) is 40.3 Å². The summed E-state index contributed by atoms with van der Waals surface area (Å²) in [6, 6.07) is 6.93. The second-order valence-electron chi connectivity index (χ2n) is 3.25. The number of halogens is 1. The van der Waals surface area contributed by atoms with Crippen molar-refractivity contribution in [1.29, 1.82) is 0 Å². The highest BCUT2D eigenvalue weighted by Crippen LogP contribution is 2.14. The summed E-state index contributed by atoms with van der Waals surface area (Å²) in [5, 5.41) is 6.99. The molecule has 92 valence electrons. The molecule has 2 aromatic rings. The Balaban J connectivity index is 1.95. The van der Waals surface area contributed by atoms with E-state index < -0.39 is 11.8 Å². The van der Waals surface area contributed by atoms with E-state index in [1.54, 1.807) is 35.8 Å². The largest absolute Gasteiger partial charge is 0.318 e. The van der Waals surface area contributed by atoms with Crippen molar-refractivity contribution in [3.63, 3.8) is 0 Å². The number of aromatic nitrogens is 1. The molecule has 2 amide bonds. The fraction of sp³-hybridized carbons (Fsp3) is 0. The molecule has 0 bridgehead atoms. The van der Waals surface area contributed by atoms with E-state index in [2.05, 4.69) is 31.5 Å². The van der Waals surface area contributed by atoms with Gasteiger partial charge >= 0.3 is 11.8 Å². The lowest BCUT2D eigenvalue weighted by Crippen LogP contribution is -2.28. The second-order valence-corrected chi connectivity index (χ2v) is 5.06. The minimum absolute atomic E-state index is 0.394. The van der Waals surface area contributed by atoms with Gasteiger partial charge in [-0.3, -0.25) is 14.9 Å². The van der Waals surface area contributed by atoms with Gasteiger partial charge in [0.05, 0.1) is 0 Å². The Labute approximate surface area is 115 Å². The number of nitrogens with one attached hydrogen (secondary N) is 2. The maximum Gasteiger partial charge on any atom is 0.315 e. The zero-order valence-electron chi connectivity index (χ0n) is 9.01. The summed E-state index contributed by atoms with van der Waals surface area (Å²) in [5.74, 6) is -1.47. The van der Waals surface area contributed by atoms with Crippen LogP contribution in [0.3, 0.4) is 0 Å². The van der Waals surface area contributed by atoms with Crippen LogP contribution in [0.2, 0.25) is 0 Å². The Morgan fingerprint density at radius 1 is 1.11 bits per heavy atom. The fourth-order valence-electron chi connectivity index (χ4n) is 1.16. The van der Waals surface area contributed by atoms with Crippen LogP contribution in [-0.2, 0) is 9.59 Å². The zero-order chi connectivity index (χ0) is 13.0. The van der Waals surface area contributed by atoms with Crippen molar-refractivity contribution < 1.29 is 9.59 Å². The molecule has 1 aromatic carbocycles. The van der Waals surface area contributed by atoms with Crippen molar-refractivity contribution >= 4 is 49.9 Å². The van der Waals surface area contributed by atoms with Gasteiger partial charge in [0.1, 0.15) is 0 Å². The minimum atomic E-state index is -0.743. The molecule has 5 nitrogen and oxygen atoms in total. The Morgan fingerprint density at radius 3 is 2.39 bits per heavy atom. The van der Waals surface area contributed by atoms with Crippen molar-refractivity contribution in [3.8, 4) is 0 Å². The number of carbonyl (C=O) groups excluding carboxylic acids is 2. The molecule has 2 N–H and O–H groups in total. The summed E-state index contributed by atoms with van der Waals surface area (Å²) < 4.78 is 0.896. The number of benzene rings is 1. The highest BCUT2D eigenvalue weighted by molar-refractivity contribution is 9.10. The minimum Gasteiger partial charge on any atom is -0.318 e. The molecule has 0 aliphatic rings. The average molecular weight is 326 g/mol. The molecule has 0 radical (unpaired) electrons. The maximum atomic E-state index is 11.6. The summed E-state index contributed by atoms with van der Waals surface area (Å²) in [6.45, 7) is 0. The van der Waals surface area contributed by atoms with Gasteiger partial charge in [0.15, 0.2) is 5.13 Å². The topological polar surface area (TPSA) is 71.1 Å². The summed E-state index contributed by atoms with van der Waals surface area (Å²) >= 11 is 4.53. The molecule has 0 aliphatic heterocycles. The third-order valence-corrected chi connectivity index (χ3v) is 3.18. The first-order valence-corrected chi connectivity index (χ1v) is 6.60. The van der Waals surface area contributed by atoms with Crippen molar-refractivity contribution in [2.24, 2.45) is 0 Å². The quantitative estimate of drug-likeness (QED) is 0.833. The number of amides is 2. The Kier molecular flexibility index (Phi) is 4.06. The predicted octanol–water partition coefficient (Wildman–Crippen LogP) is 2.48. The lowest BCUT2D eigenvalue weighted by Gasteiger charge is -2.04. The molecular formula is C11H8BrN3O2S. The normalized spacial score (nSPS) is 9.83. The van der Waals surface area contributed by atoms with E-state index in [1.807, 2.05) is 0 Å². The molecule has 0 saturated heterocycles. The van der Waals surface area contributed by atoms with Gasteiger partial charge in [0.25, 0.3) is 0 Å². The molecule has 7 heteroatoms. The van der Waals surface area contributed by atoms with E-state index >= 15 is 0 Å². The molecule has 1 aromatic heterocycles. The van der Waals surface area contributed by atoms with Gasteiger partial charge < -0.3 is 5.32 Å². The van der Waals surface area contributed by atoms with Gasteiger partial charge in [-0.2, -0.15) is 0 Å². The molecule has 18 heavy (non-hydrogen) atoms. The Bertz CT molecular complexity index is 554. The molecule has 0 fully saturated rings. The Hall–Kier alpha value is -1.73. The van der Waals surface area contributed by atoms with Crippen LogP contribution in [0.1, 0.15) is 0 Å². The van der Waals surface area contributed by atoms with Crippen LogP contribution < -0.4 is 10.6 Å². The summed E-state index contributed by atoms with van der Waals surface area (Å²) in [4.78, 5) is 26.9. The van der Waals surface area contributed by atoms with Gasteiger partial charge in [-0.05, 0) is 24.3 Å². The van der Waals surface area contributed by atoms with Crippen LogP contribution >= 0.6 is 27.3 Å². The van der Waals surface area contributed by atoms with E-state index in [0.29, 0.717) is 10.8 Å². The smallest absolute Gasteiger partial charge is 0.315 e. The monoisotopic (exact) mass is 325 g/mol. The number of hydrogen-bond donors (Lipinski definition) is 2.